The number of aliphatic imine (C=N–C) groups is 1. The van der Waals surface area contributed by atoms with Gasteiger partial charge in [0.2, 0.25) is 0 Å². The number of hydrogen-bond donors (Lipinski definition) is 2. The van der Waals surface area contributed by atoms with Crippen molar-refractivity contribution in [1.29, 1.82) is 0 Å². The first kappa shape index (κ1) is 18.5. The molecule has 118 valence electrons. The third-order valence-electron chi connectivity index (χ3n) is 3.33. The Labute approximate surface area is 148 Å². The van der Waals surface area contributed by atoms with Crippen LogP contribution in [0.4, 0.5) is 0 Å². The van der Waals surface area contributed by atoms with Crippen LogP contribution in [0.3, 0.4) is 0 Å². The molecule has 3 N–H and O–H groups in total. The molecule has 0 saturated heterocycles. The molecule has 1 aliphatic carbocycles. The Balaban J connectivity index is 0.00000220. The first-order valence-corrected chi connectivity index (χ1v) is 7.48. The van der Waals surface area contributed by atoms with Gasteiger partial charge in [0.15, 0.2) is 5.96 Å². The average molecular weight is 424 g/mol. The third-order valence-corrected chi connectivity index (χ3v) is 3.57. The largest absolute Gasteiger partial charge is 0.382 e. The molecule has 1 fully saturated rings. The first-order valence-electron chi connectivity index (χ1n) is 7.10. The van der Waals surface area contributed by atoms with Gasteiger partial charge >= 0.3 is 0 Å². The van der Waals surface area contributed by atoms with Crippen LogP contribution in [0.5, 0.6) is 0 Å². The number of nitrogens with two attached hydrogens (primary N) is 1. The maximum Gasteiger partial charge on any atom is 0.188 e. The predicted molar refractivity (Wildman–Crippen MR) is 98.7 cm³/mol. The number of guanidine groups is 1. The number of benzene rings is 1. The van der Waals surface area contributed by atoms with Crippen molar-refractivity contribution in [3.05, 3.63) is 34.9 Å². The lowest BCUT2D eigenvalue weighted by Gasteiger charge is -2.06. The van der Waals surface area contributed by atoms with Crippen molar-refractivity contribution in [2.45, 2.75) is 31.7 Å². The summed E-state index contributed by atoms with van der Waals surface area (Å²) in [7, 11) is 0. The summed E-state index contributed by atoms with van der Waals surface area (Å²) in [5.41, 5.74) is 7.13. The Kier molecular flexibility index (Phi) is 8.36. The highest BCUT2D eigenvalue weighted by Gasteiger charge is 2.38. The van der Waals surface area contributed by atoms with Crippen molar-refractivity contribution in [3.63, 3.8) is 0 Å². The summed E-state index contributed by atoms with van der Waals surface area (Å²) >= 11 is 6.00. The topological polar surface area (TPSA) is 59.6 Å². The molecule has 4 nitrogen and oxygen atoms in total. The maximum atomic E-state index is 6.00. The molecule has 6 heteroatoms. The molecule has 0 amide bonds. The second-order valence-corrected chi connectivity index (χ2v) is 5.40. The fourth-order valence-electron chi connectivity index (χ4n) is 2.21. The van der Waals surface area contributed by atoms with Crippen LogP contribution < -0.4 is 11.1 Å². The number of halogens is 2. The molecule has 0 radical (unpaired) electrons. The van der Waals surface area contributed by atoms with Gasteiger partial charge in [0.1, 0.15) is 0 Å². The van der Waals surface area contributed by atoms with E-state index in [0.29, 0.717) is 24.5 Å². The van der Waals surface area contributed by atoms with E-state index in [1.54, 1.807) is 0 Å². The lowest BCUT2D eigenvalue weighted by molar-refractivity contribution is 0.146. The van der Waals surface area contributed by atoms with E-state index in [9.17, 15) is 0 Å². The zero-order valence-corrected chi connectivity index (χ0v) is 15.3. The van der Waals surface area contributed by atoms with Crippen LogP contribution in [0.15, 0.2) is 29.3 Å². The summed E-state index contributed by atoms with van der Waals surface area (Å²) in [6.45, 7) is 4.18. The van der Waals surface area contributed by atoms with Gasteiger partial charge in [-0.2, -0.15) is 0 Å². The van der Waals surface area contributed by atoms with E-state index in [1.165, 1.54) is 5.56 Å². The predicted octanol–water partition coefficient (Wildman–Crippen LogP) is 3.14. The average Bonchev–Trinajstić information content (AvgIpc) is 3.18. The number of rotatable bonds is 7. The van der Waals surface area contributed by atoms with Crippen LogP contribution in [0.25, 0.3) is 0 Å². The van der Waals surface area contributed by atoms with Gasteiger partial charge in [0.25, 0.3) is 0 Å². The summed E-state index contributed by atoms with van der Waals surface area (Å²) in [4.78, 5) is 4.30. The highest BCUT2D eigenvalue weighted by atomic mass is 127. The molecule has 0 aromatic heterocycles. The Bertz CT molecular complexity index is 470. The Morgan fingerprint density at radius 2 is 2.33 bits per heavy atom. The molecule has 0 heterocycles. The van der Waals surface area contributed by atoms with Gasteiger partial charge in [0, 0.05) is 36.7 Å². The number of ether oxygens (including phenoxy) is 1. The number of nitrogens with one attached hydrogen (secondary N) is 1. The molecule has 0 bridgehead atoms. The molecule has 21 heavy (non-hydrogen) atoms. The first-order chi connectivity index (χ1) is 9.70. The van der Waals surface area contributed by atoms with Crippen LogP contribution in [-0.4, -0.2) is 31.8 Å². The van der Waals surface area contributed by atoms with E-state index < -0.39 is 0 Å². The van der Waals surface area contributed by atoms with E-state index in [1.807, 2.05) is 25.1 Å². The Hall–Kier alpha value is -0.530. The normalized spacial score (nSPS) is 20.8. The molecule has 2 rings (SSSR count). The fourth-order valence-corrected chi connectivity index (χ4v) is 2.40. The minimum Gasteiger partial charge on any atom is -0.382 e. The van der Waals surface area contributed by atoms with E-state index in [0.717, 1.165) is 31.1 Å². The summed E-state index contributed by atoms with van der Waals surface area (Å²) in [6, 6.07) is 8.38. The van der Waals surface area contributed by atoms with Crippen LogP contribution >= 0.6 is 35.6 Å². The van der Waals surface area contributed by atoms with Gasteiger partial charge in [0.05, 0.1) is 0 Å². The van der Waals surface area contributed by atoms with Crippen LogP contribution in [-0.2, 0) is 4.74 Å². The zero-order valence-electron chi connectivity index (χ0n) is 12.2. The van der Waals surface area contributed by atoms with Crippen LogP contribution in [0.2, 0.25) is 5.02 Å². The molecule has 0 aliphatic heterocycles. The monoisotopic (exact) mass is 423 g/mol. The molecule has 1 aromatic carbocycles. The maximum absolute atomic E-state index is 6.00. The van der Waals surface area contributed by atoms with E-state index in [2.05, 4.69) is 16.4 Å². The number of nitrogens with zero attached hydrogens (tertiary/aromatic N) is 1. The van der Waals surface area contributed by atoms with Crippen molar-refractivity contribution >= 4 is 41.5 Å². The highest BCUT2D eigenvalue weighted by Crippen LogP contribution is 2.41. The smallest absolute Gasteiger partial charge is 0.188 e. The fraction of sp³-hybridized carbons (Fsp3) is 0.533. The summed E-state index contributed by atoms with van der Waals surface area (Å²) in [6.07, 6.45) is 1.98. The molecular weight excluding hydrogens is 401 g/mol. The zero-order chi connectivity index (χ0) is 14.4. The van der Waals surface area contributed by atoms with Gasteiger partial charge < -0.3 is 15.8 Å². The molecule has 0 spiro atoms. The van der Waals surface area contributed by atoms with Gasteiger partial charge in [-0.3, -0.25) is 4.99 Å². The second kappa shape index (κ2) is 9.48. The van der Waals surface area contributed by atoms with Gasteiger partial charge in [-0.25, -0.2) is 0 Å². The van der Waals surface area contributed by atoms with E-state index in [4.69, 9.17) is 22.1 Å². The Morgan fingerprint density at radius 3 is 3.05 bits per heavy atom. The van der Waals surface area contributed by atoms with Crippen LogP contribution in [0.1, 0.15) is 31.2 Å². The summed E-state index contributed by atoms with van der Waals surface area (Å²) in [5.74, 6) is 1.02. The highest BCUT2D eigenvalue weighted by molar-refractivity contribution is 14.0. The minimum atomic E-state index is 0. The van der Waals surface area contributed by atoms with Crippen molar-refractivity contribution in [2.75, 3.05) is 19.8 Å². The molecular formula is C15H23ClIN3O. The summed E-state index contributed by atoms with van der Waals surface area (Å²) in [5, 5.41) is 4.04. The molecule has 2 atom stereocenters. The third kappa shape index (κ3) is 6.40. The summed E-state index contributed by atoms with van der Waals surface area (Å²) < 4.78 is 5.25. The van der Waals surface area contributed by atoms with Gasteiger partial charge in [-0.05, 0) is 37.5 Å². The van der Waals surface area contributed by atoms with Crippen LogP contribution in [0, 0.1) is 0 Å². The quantitative estimate of drug-likeness (QED) is 0.306. The van der Waals surface area contributed by atoms with Gasteiger partial charge in [-0.15, -0.1) is 24.0 Å². The lowest BCUT2D eigenvalue weighted by Crippen LogP contribution is -2.34. The molecule has 1 aromatic rings. The molecule has 1 saturated carbocycles. The van der Waals surface area contributed by atoms with E-state index >= 15 is 0 Å². The lowest BCUT2D eigenvalue weighted by atomic mass is 10.1. The second-order valence-electron chi connectivity index (χ2n) is 4.97. The van der Waals surface area contributed by atoms with Crippen molar-refractivity contribution in [1.82, 2.24) is 5.32 Å². The van der Waals surface area contributed by atoms with E-state index in [-0.39, 0.29) is 24.0 Å². The Morgan fingerprint density at radius 1 is 1.52 bits per heavy atom. The number of hydrogen-bond acceptors (Lipinski definition) is 2. The van der Waals surface area contributed by atoms with Gasteiger partial charge in [-0.1, -0.05) is 23.7 Å². The molecule has 2 unspecified atom stereocenters. The standard InChI is InChI=1S/C15H22ClN3O.HI/c1-2-20-8-4-7-18-15(17)19-14-10-13(14)11-5-3-6-12(16)9-11;/h3,5-6,9,13-14H,2,4,7-8,10H2,1H3,(H3,17,18,19);1H. The van der Waals surface area contributed by atoms with Crippen molar-refractivity contribution in [2.24, 2.45) is 10.7 Å². The molecule has 1 aliphatic rings. The van der Waals surface area contributed by atoms with Crippen molar-refractivity contribution in [3.8, 4) is 0 Å². The minimum absolute atomic E-state index is 0. The SMILES string of the molecule is CCOCCCN=C(N)NC1CC1c1cccc(Cl)c1.I. The van der Waals surface area contributed by atoms with Crippen molar-refractivity contribution < 1.29 is 4.74 Å².